The summed E-state index contributed by atoms with van der Waals surface area (Å²) in [5.41, 5.74) is 5.68. The Morgan fingerprint density at radius 2 is 1.90 bits per heavy atom. The molecule has 1 saturated heterocycles. The van der Waals surface area contributed by atoms with Crippen molar-refractivity contribution < 1.29 is 13.2 Å². The lowest BCUT2D eigenvalue weighted by Crippen LogP contribution is -2.47. The number of hydrogen-bond donors (Lipinski definition) is 2. The van der Waals surface area contributed by atoms with E-state index >= 15 is 0 Å². The Labute approximate surface area is 122 Å². The first kappa shape index (κ1) is 17.4. The zero-order valence-electron chi connectivity index (χ0n) is 12.6. The summed E-state index contributed by atoms with van der Waals surface area (Å²) in [6.07, 6.45) is 3.24. The Bertz CT molecular complexity index is 415. The van der Waals surface area contributed by atoms with Crippen LogP contribution in [0.4, 0.5) is 0 Å². The minimum Gasteiger partial charge on any atom is -0.352 e. The number of hydrogen-bond acceptors (Lipinski definition) is 4. The van der Waals surface area contributed by atoms with E-state index in [1.54, 1.807) is 0 Å². The van der Waals surface area contributed by atoms with Gasteiger partial charge in [-0.05, 0) is 25.2 Å². The van der Waals surface area contributed by atoms with Crippen LogP contribution in [0.15, 0.2) is 0 Å². The normalized spacial score (nSPS) is 20.1. The molecule has 0 aromatic heterocycles. The van der Waals surface area contributed by atoms with E-state index in [-0.39, 0.29) is 17.9 Å². The lowest BCUT2D eigenvalue weighted by atomic mass is 9.96. The van der Waals surface area contributed by atoms with E-state index in [1.807, 2.05) is 0 Å². The zero-order chi connectivity index (χ0) is 15.3. The smallest absolute Gasteiger partial charge is 0.223 e. The molecule has 0 bridgehead atoms. The van der Waals surface area contributed by atoms with Crippen LogP contribution in [-0.4, -0.2) is 50.6 Å². The number of rotatable bonds is 6. The third-order valence-corrected chi connectivity index (χ3v) is 4.98. The first-order valence-electron chi connectivity index (χ1n) is 7.19. The van der Waals surface area contributed by atoms with Crippen molar-refractivity contribution >= 4 is 15.9 Å². The highest BCUT2D eigenvalue weighted by Crippen LogP contribution is 2.19. The first-order valence-corrected chi connectivity index (χ1v) is 9.04. The highest BCUT2D eigenvalue weighted by molar-refractivity contribution is 7.88. The number of nitrogens with two attached hydrogens (primary N) is 1. The maximum absolute atomic E-state index is 12.2. The first-order chi connectivity index (χ1) is 9.24. The molecule has 0 radical (unpaired) electrons. The third kappa shape index (κ3) is 5.38. The van der Waals surface area contributed by atoms with Crippen LogP contribution in [0.3, 0.4) is 0 Å². The summed E-state index contributed by atoms with van der Waals surface area (Å²) in [5, 5.41) is 2.99. The molecule has 20 heavy (non-hydrogen) atoms. The van der Waals surface area contributed by atoms with Gasteiger partial charge in [0.15, 0.2) is 0 Å². The second kappa shape index (κ2) is 7.38. The molecule has 1 amide bonds. The summed E-state index contributed by atoms with van der Waals surface area (Å²) in [4.78, 5) is 12.2. The number of nitrogens with zero attached hydrogens (tertiary/aromatic N) is 1. The molecule has 3 N–H and O–H groups in total. The van der Waals surface area contributed by atoms with Crippen molar-refractivity contribution in [3.05, 3.63) is 0 Å². The lowest BCUT2D eigenvalue weighted by molar-refractivity contribution is -0.126. The predicted molar refractivity (Wildman–Crippen MR) is 79.6 cm³/mol. The Hall–Kier alpha value is -0.660. The molecule has 1 aliphatic rings. The number of amides is 1. The Balaban J connectivity index is 2.46. The Morgan fingerprint density at radius 1 is 1.35 bits per heavy atom. The largest absolute Gasteiger partial charge is 0.352 e. The van der Waals surface area contributed by atoms with E-state index in [4.69, 9.17) is 5.73 Å². The molecule has 0 spiro atoms. The summed E-state index contributed by atoms with van der Waals surface area (Å²) in [6, 6.07) is 0.00966. The van der Waals surface area contributed by atoms with E-state index in [0.717, 1.165) is 6.42 Å². The fourth-order valence-electron chi connectivity index (χ4n) is 2.55. The van der Waals surface area contributed by atoms with Crippen molar-refractivity contribution in [3.63, 3.8) is 0 Å². The lowest BCUT2D eigenvalue weighted by Gasteiger charge is -2.30. The number of piperidine rings is 1. The number of nitrogens with one attached hydrogen (secondary N) is 1. The molecule has 7 heteroatoms. The molecular formula is C13H27N3O3S. The summed E-state index contributed by atoms with van der Waals surface area (Å²) in [5.74, 6) is 0.388. The van der Waals surface area contributed by atoms with Crippen molar-refractivity contribution in [1.82, 2.24) is 9.62 Å². The molecule has 0 aromatic carbocycles. The molecule has 118 valence electrons. The van der Waals surface area contributed by atoms with Gasteiger partial charge in [0.05, 0.1) is 6.26 Å². The third-order valence-electron chi connectivity index (χ3n) is 3.68. The molecule has 1 fully saturated rings. The van der Waals surface area contributed by atoms with Crippen LogP contribution in [0.5, 0.6) is 0 Å². The van der Waals surface area contributed by atoms with Gasteiger partial charge in [-0.15, -0.1) is 0 Å². The Kier molecular flexibility index (Phi) is 6.42. The molecule has 1 aliphatic heterocycles. The van der Waals surface area contributed by atoms with Crippen molar-refractivity contribution in [2.45, 2.75) is 39.2 Å². The molecule has 0 aliphatic carbocycles. The van der Waals surface area contributed by atoms with Gasteiger partial charge in [-0.2, -0.15) is 0 Å². The maximum Gasteiger partial charge on any atom is 0.223 e. The van der Waals surface area contributed by atoms with Gasteiger partial charge in [0, 0.05) is 31.6 Å². The van der Waals surface area contributed by atoms with Gasteiger partial charge in [0.1, 0.15) is 0 Å². The SMILES string of the molecule is CC(C)CC(CN)NC(=O)C1CCN(S(C)(=O)=O)CC1. The molecular weight excluding hydrogens is 278 g/mol. The number of carbonyl (C=O) groups is 1. The number of carbonyl (C=O) groups excluding carboxylic acids is 1. The molecule has 1 atom stereocenters. The van der Waals surface area contributed by atoms with Gasteiger partial charge in [0.2, 0.25) is 15.9 Å². The van der Waals surface area contributed by atoms with E-state index in [0.29, 0.717) is 38.4 Å². The minimum absolute atomic E-state index is 0.00857. The van der Waals surface area contributed by atoms with E-state index < -0.39 is 10.0 Å². The predicted octanol–water partition coefficient (Wildman–Crippen LogP) is 0.148. The molecule has 1 heterocycles. The summed E-state index contributed by atoms with van der Waals surface area (Å²) < 4.78 is 24.3. The highest BCUT2D eigenvalue weighted by atomic mass is 32.2. The summed E-state index contributed by atoms with van der Waals surface area (Å²) >= 11 is 0. The van der Waals surface area contributed by atoms with Crippen LogP contribution >= 0.6 is 0 Å². The van der Waals surface area contributed by atoms with Crippen LogP contribution in [-0.2, 0) is 14.8 Å². The van der Waals surface area contributed by atoms with Crippen molar-refractivity contribution in [2.24, 2.45) is 17.6 Å². The Morgan fingerprint density at radius 3 is 2.30 bits per heavy atom. The number of sulfonamides is 1. The van der Waals surface area contributed by atoms with Crippen LogP contribution < -0.4 is 11.1 Å². The van der Waals surface area contributed by atoms with Crippen LogP contribution in [0.2, 0.25) is 0 Å². The summed E-state index contributed by atoms with van der Waals surface area (Å²) in [6.45, 7) is 5.48. The molecule has 1 unspecified atom stereocenters. The second-order valence-corrected chi connectivity index (χ2v) is 7.99. The maximum atomic E-state index is 12.2. The van der Waals surface area contributed by atoms with Gasteiger partial charge in [-0.25, -0.2) is 12.7 Å². The van der Waals surface area contributed by atoms with Gasteiger partial charge < -0.3 is 11.1 Å². The van der Waals surface area contributed by atoms with Gasteiger partial charge in [-0.1, -0.05) is 13.8 Å². The molecule has 6 nitrogen and oxygen atoms in total. The van der Waals surface area contributed by atoms with Gasteiger partial charge in [-0.3, -0.25) is 4.79 Å². The van der Waals surface area contributed by atoms with E-state index in [1.165, 1.54) is 10.6 Å². The molecule has 0 aromatic rings. The molecule has 1 rings (SSSR count). The average molecular weight is 305 g/mol. The van der Waals surface area contributed by atoms with E-state index in [9.17, 15) is 13.2 Å². The molecule has 0 saturated carbocycles. The van der Waals surface area contributed by atoms with Crippen LogP contribution in [0, 0.1) is 11.8 Å². The fraction of sp³-hybridized carbons (Fsp3) is 0.923. The van der Waals surface area contributed by atoms with Gasteiger partial charge in [0.25, 0.3) is 0 Å². The van der Waals surface area contributed by atoms with Gasteiger partial charge >= 0.3 is 0 Å². The zero-order valence-corrected chi connectivity index (χ0v) is 13.4. The monoisotopic (exact) mass is 305 g/mol. The summed E-state index contributed by atoms with van der Waals surface area (Å²) in [7, 11) is -3.14. The van der Waals surface area contributed by atoms with E-state index in [2.05, 4.69) is 19.2 Å². The average Bonchev–Trinajstić information content (AvgIpc) is 2.36. The van der Waals surface area contributed by atoms with Crippen molar-refractivity contribution in [3.8, 4) is 0 Å². The standard InChI is InChI=1S/C13H27N3O3S/c1-10(2)8-12(9-14)15-13(17)11-4-6-16(7-5-11)20(3,18)19/h10-12H,4-9,14H2,1-3H3,(H,15,17). The van der Waals surface area contributed by atoms with Crippen molar-refractivity contribution in [1.29, 1.82) is 0 Å². The minimum atomic E-state index is -3.14. The topological polar surface area (TPSA) is 92.5 Å². The van der Waals surface area contributed by atoms with Crippen LogP contribution in [0.25, 0.3) is 0 Å². The quantitative estimate of drug-likeness (QED) is 0.730. The second-order valence-electron chi connectivity index (χ2n) is 6.01. The highest BCUT2D eigenvalue weighted by Gasteiger charge is 2.29. The van der Waals surface area contributed by atoms with Crippen LogP contribution in [0.1, 0.15) is 33.1 Å². The fourth-order valence-corrected chi connectivity index (χ4v) is 3.43. The van der Waals surface area contributed by atoms with Crippen molar-refractivity contribution in [2.75, 3.05) is 25.9 Å².